The van der Waals surface area contributed by atoms with E-state index in [0.717, 1.165) is 41.6 Å². The van der Waals surface area contributed by atoms with Crippen LogP contribution in [0.1, 0.15) is 33.9 Å². The van der Waals surface area contributed by atoms with Gasteiger partial charge in [0.15, 0.2) is 0 Å². The molecule has 5 rings (SSSR count). The van der Waals surface area contributed by atoms with Gasteiger partial charge in [0, 0.05) is 74.0 Å². The molecule has 1 fully saturated rings. The number of carbonyl (C=O) groups excluding carboxylic acids is 1. The Hall–Kier alpha value is -2.78. The van der Waals surface area contributed by atoms with Gasteiger partial charge in [0.1, 0.15) is 17.7 Å². The third-order valence-corrected chi connectivity index (χ3v) is 7.72. The van der Waals surface area contributed by atoms with Gasteiger partial charge in [-0.1, -0.05) is 6.07 Å². The average Bonchev–Trinajstić information content (AvgIpc) is 3.53. The molecule has 0 aliphatic carbocycles. The minimum Gasteiger partial charge on any atom is -0.353 e. The largest absolute Gasteiger partial charge is 0.353 e. The smallest absolute Gasteiger partial charge is 0.268 e. The van der Waals surface area contributed by atoms with E-state index in [4.69, 9.17) is 0 Å². The van der Waals surface area contributed by atoms with E-state index in [-0.39, 0.29) is 5.91 Å². The zero-order valence-corrected chi connectivity index (χ0v) is 19.8. The lowest BCUT2D eigenvalue weighted by Crippen LogP contribution is -2.28. The highest BCUT2D eigenvalue weighted by Crippen LogP contribution is 2.31. The Balaban J connectivity index is 1.26. The first-order chi connectivity index (χ1) is 16.0. The minimum absolute atomic E-state index is 0.125. The first-order valence-electron chi connectivity index (χ1n) is 11.3. The number of alkyl halides is 1. The molecular weight excluding hydrogens is 439 g/mol. The van der Waals surface area contributed by atoms with Crippen molar-refractivity contribution in [3.8, 4) is 0 Å². The van der Waals surface area contributed by atoms with Crippen LogP contribution in [0.3, 0.4) is 0 Å². The zero-order valence-electron chi connectivity index (χ0n) is 19.0. The second kappa shape index (κ2) is 9.23. The second-order valence-electron chi connectivity index (χ2n) is 8.69. The highest BCUT2D eigenvalue weighted by atomic mass is 32.2. The molecule has 7 nitrogen and oxygen atoms in total. The highest BCUT2D eigenvalue weighted by Gasteiger charge is 2.25. The fraction of sp³-hybridized carbons (Fsp3) is 0.417. The van der Waals surface area contributed by atoms with Gasteiger partial charge in [-0.3, -0.25) is 4.79 Å². The monoisotopic (exact) mass is 468 g/mol. The number of aromatic nitrogens is 3. The van der Waals surface area contributed by atoms with Gasteiger partial charge in [0.25, 0.3) is 5.91 Å². The molecule has 0 bridgehead atoms. The standard InChI is InChI=1S/C24H29FN6OS/c1-17-22(33-31-12-11-29-9-4-6-20(29)16-31)13-21(28(17)2)24(32)27-14-18-5-3-8-26-23(18)30-10-7-19(25)15-30/h3-6,8-9,13,19H,7,10-12,14-16H2,1-2H3,(H,27,32). The summed E-state index contributed by atoms with van der Waals surface area (Å²) in [5.41, 5.74) is 3.91. The van der Waals surface area contributed by atoms with E-state index in [0.29, 0.717) is 31.7 Å². The van der Waals surface area contributed by atoms with E-state index < -0.39 is 6.17 Å². The van der Waals surface area contributed by atoms with Gasteiger partial charge in [0.05, 0.1) is 6.54 Å². The number of rotatable bonds is 6. The lowest BCUT2D eigenvalue weighted by atomic mass is 10.2. The molecule has 33 heavy (non-hydrogen) atoms. The summed E-state index contributed by atoms with van der Waals surface area (Å²) < 4.78 is 20.3. The molecule has 0 spiro atoms. The molecule has 1 unspecified atom stereocenters. The summed E-state index contributed by atoms with van der Waals surface area (Å²) in [7, 11) is 1.93. The van der Waals surface area contributed by atoms with Crippen LogP contribution >= 0.6 is 11.9 Å². The predicted octanol–water partition coefficient (Wildman–Crippen LogP) is 3.53. The van der Waals surface area contributed by atoms with Crippen LogP contribution in [-0.2, 0) is 26.7 Å². The van der Waals surface area contributed by atoms with Crippen molar-refractivity contribution in [1.29, 1.82) is 0 Å². The number of anilines is 1. The molecule has 2 aliphatic heterocycles. The summed E-state index contributed by atoms with van der Waals surface area (Å²) in [6, 6.07) is 10.0. The zero-order chi connectivity index (χ0) is 22.9. The molecule has 2 aliphatic rings. The van der Waals surface area contributed by atoms with E-state index in [1.54, 1.807) is 18.1 Å². The van der Waals surface area contributed by atoms with Crippen LogP contribution in [0.5, 0.6) is 0 Å². The van der Waals surface area contributed by atoms with Gasteiger partial charge in [-0.15, -0.1) is 0 Å². The van der Waals surface area contributed by atoms with Crippen molar-refractivity contribution in [3.63, 3.8) is 0 Å². The Bertz CT molecular complexity index is 1160. The van der Waals surface area contributed by atoms with Crippen LogP contribution < -0.4 is 10.2 Å². The van der Waals surface area contributed by atoms with Crippen LogP contribution in [0.25, 0.3) is 0 Å². The van der Waals surface area contributed by atoms with Crippen LogP contribution in [0, 0.1) is 6.92 Å². The molecule has 1 N–H and O–H groups in total. The molecule has 174 valence electrons. The maximum atomic E-state index is 13.7. The molecule has 5 heterocycles. The predicted molar refractivity (Wildman–Crippen MR) is 128 cm³/mol. The molecule has 1 atom stereocenters. The number of nitrogens with one attached hydrogen (secondary N) is 1. The summed E-state index contributed by atoms with van der Waals surface area (Å²) in [6.45, 7) is 6.23. The molecule has 0 radical (unpaired) electrons. The van der Waals surface area contributed by atoms with Crippen LogP contribution in [0.4, 0.5) is 10.2 Å². The van der Waals surface area contributed by atoms with Gasteiger partial charge in [-0.25, -0.2) is 13.7 Å². The molecule has 1 amide bonds. The molecular formula is C24H29FN6OS. The fourth-order valence-electron chi connectivity index (χ4n) is 4.52. The van der Waals surface area contributed by atoms with E-state index >= 15 is 0 Å². The van der Waals surface area contributed by atoms with Gasteiger partial charge >= 0.3 is 0 Å². The maximum absolute atomic E-state index is 13.7. The molecule has 3 aromatic rings. The number of pyridine rings is 1. The van der Waals surface area contributed by atoms with Crippen molar-refractivity contribution in [2.45, 2.75) is 44.0 Å². The average molecular weight is 469 g/mol. The van der Waals surface area contributed by atoms with E-state index in [9.17, 15) is 9.18 Å². The van der Waals surface area contributed by atoms with E-state index in [1.807, 2.05) is 41.6 Å². The van der Waals surface area contributed by atoms with Crippen molar-refractivity contribution in [2.24, 2.45) is 7.05 Å². The van der Waals surface area contributed by atoms with E-state index in [1.165, 1.54) is 5.69 Å². The van der Waals surface area contributed by atoms with Crippen molar-refractivity contribution >= 4 is 23.7 Å². The Morgan fingerprint density at radius 1 is 1.27 bits per heavy atom. The van der Waals surface area contributed by atoms with Gasteiger partial charge in [0.2, 0.25) is 0 Å². The van der Waals surface area contributed by atoms with Crippen molar-refractivity contribution in [3.05, 3.63) is 65.4 Å². The molecule has 1 saturated heterocycles. The van der Waals surface area contributed by atoms with Crippen molar-refractivity contribution in [1.82, 2.24) is 23.7 Å². The topological polar surface area (TPSA) is 58.3 Å². The molecule has 0 saturated carbocycles. The van der Waals surface area contributed by atoms with Crippen LogP contribution in [-0.4, -0.2) is 50.1 Å². The van der Waals surface area contributed by atoms with Gasteiger partial charge in [-0.05, 0) is 49.6 Å². The molecule has 9 heteroatoms. The third kappa shape index (κ3) is 4.52. The summed E-state index contributed by atoms with van der Waals surface area (Å²) in [5, 5.41) is 3.04. The summed E-state index contributed by atoms with van der Waals surface area (Å²) in [6.07, 6.45) is 3.55. The second-order valence-corrected chi connectivity index (χ2v) is 9.83. The number of amides is 1. The number of hydrogen-bond acceptors (Lipinski definition) is 5. The first kappa shape index (κ1) is 22.0. The molecule has 3 aromatic heterocycles. The summed E-state index contributed by atoms with van der Waals surface area (Å²) >= 11 is 1.71. The number of fused-ring (bicyclic) bond motifs is 1. The van der Waals surface area contributed by atoms with Gasteiger partial charge in [-0.2, -0.15) is 0 Å². The van der Waals surface area contributed by atoms with Crippen molar-refractivity contribution < 1.29 is 9.18 Å². The first-order valence-corrected chi connectivity index (χ1v) is 12.1. The Morgan fingerprint density at radius 2 is 2.15 bits per heavy atom. The normalized spacial score (nSPS) is 18.5. The summed E-state index contributed by atoms with van der Waals surface area (Å²) in [5.74, 6) is 0.631. The maximum Gasteiger partial charge on any atom is 0.268 e. The van der Waals surface area contributed by atoms with Crippen LogP contribution in [0.2, 0.25) is 0 Å². The Morgan fingerprint density at radius 3 is 2.97 bits per heavy atom. The highest BCUT2D eigenvalue weighted by molar-refractivity contribution is 7.97. The fourth-order valence-corrected chi connectivity index (χ4v) is 5.60. The number of nitrogens with zero attached hydrogens (tertiary/aromatic N) is 5. The number of hydrogen-bond donors (Lipinski definition) is 1. The Labute approximate surface area is 197 Å². The van der Waals surface area contributed by atoms with Crippen molar-refractivity contribution in [2.75, 3.05) is 24.5 Å². The van der Waals surface area contributed by atoms with E-state index in [2.05, 4.69) is 37.5 Å². The SMILES string of the molecule is Cc1c(SN2CCn3cccc3C2)cc(C(=O)NCc2cccnc2N2CCC(F)C2)n1C. The van der Waals surface area contributed by atoms with Gasteiger partial charge < -0.3 is 19.4 Å². The lowest BCUT2D eigenvalue weighted by molar-refractivity contribution is 0.0942. The Kier molecular flexibility index (Phi) is 6.16. The third-order valence-electron chi connectivity index (χ3n) is 6.54. The summed E-state index contributed by atoms with van der Waals surface area (Å²) in [4.78, 5) is 20.6. The number of carbonyl (C=O) groups is 1. The lowest BCUT2D eigenvalue weighted by Gasteiger charge is -2.27. The minimum atomic E-state index is -0.819. The quantitative estimate of drug-likeness (QED) is 0.561. The molecule has 0 aromatic carbocycles. The van der Waals surface area contributed by atoms with Crippen LogP contribution in [0.15, 0.2) is 47.6 Å². The number of halogens is 1.